The molecule has 124 valence electrons. The predicted molar refractivity (Wildman–Crippen MR) is 87.0 cm³/mol. The number of nitrogens with zero attached hydrogens (tertiary/aromatic N) is 3. The van der Waals surface area contributed by atoms with E-state index in [1.165, 1.54) is 19.5 Å². The van der Waals surface area contributed by atoms with Gasteiger partial charge in [0.05, 0.1) is 6.67 Å². The third-order valence-electron chi connectivity index (χ3n) is 4.19. The van der Waals surface area contributed by atoms with Crippen LogP contribution in [0.25, 0.3) is 0 Å². The molecule has 2 atom stereocenters. The van der Waals surface area contributed by atoms with Gasteiger partial charge in [0.2, 0.25) is 0 Å². The van der Waals surface area contributed by atoms with E-state index in [9.17, 15) is 0 Å². The van der Waals surface area contributed by atoms with Crippen molar-refractivity contribution in [3.8, 4) is 0 Å². The molecule has 0 spiro atoms. The van der Waals surface area contributed by atoms with Crippen molar-refractivity contribution in [2.75, 3.05) is 85.5 Å². The number of hydrogen-bond acceptors (Lipinski definition) is 7. The molecule has 0 saturated carbocycles. The van der Waals surface area contributed by atoms with Crippen LogP contribution < -0.4 is 21.7 Å². The van der Waals surface area contributed by atoms with Crippen LogP contribution in [-0.2, 0) is 0 Å². The van der Waals surface area contributed by atoms with Gasteiger partial charge in [0.1, 0.15) is 0 Å². The van der Waals surface area contributed by atoms with Crippen molar-refractivity contribution < 1.29 is 0 Å². The fourth-order valence-electron chi connectivity index (χ4n) is 2.99. The lowest BCUT2D eigenvalue weighted by atomic mass is 10.3. The van der Waals surface area contributed by atoms with E-state index in [1.54, 1.807) is 0 Å². The van der Waals surface area contributed by atoms with Gasteiger partial charge in [0, 0.05) is 78.8 Å². The fraction of sp³-hybridized carbons (Fsp3) is 1.00. The van der Waals surface area contributed by atoms with Gasteiger partial charge >= 0.3 is 0 Å². The maximum atomic E-state index is 5.70. The van der Waals surface area contributed by atoms with E-state index in [2.05, 4.69) is 30.7 Å². The van der Waals surface area contributed by atoms with Crippen molar-refractivity contribution in [2.45, 2.75) is 6.42 Å². The molecule has 0 radical (unpaired) electrons. The van der Waals surface area contributed by atoms with Crippen LogP contribution in [0.5, 0.6) is 0 Å². The van der Waals surface area contributed by atoms with Gasteiger partial charge in [-0.25, -0.2) is 0 Å². The molecule has 2 fully saturated rings. The highest BCUT2D eigenvalue weighted by molar-refractivity contribution is 4.70. The Balaban J connectivity index is 1.77. The van der Waals surface area contributed by atoms with Gasteiger partial charge in [-0.2, -0.15) is 0 Å². The number of nitrogens with two attached hydrogens (primary N) is 1. The van der Waals surface area contributed by atoms with Gasteiger partial charge in [0.15, 0.2) is 0 Å². The molecule has 2 saturated heterocycles. The Morgan fingerprint density at radius 3 is 2.33 bits per heavy atom. The molecule has 5 N–H and O–H groups in total. The van der Waals surface area contributed by atoms with Gasteiger partial charge < -0.3 is 21.7 Å². The van der Waals surface area contributed by atoms with E-state index in [0.717, 1.165) is 72.4 Å². The zero-order valence-corrected chi connectivity index (χ0v) is 13.3. The lowest BCUT2D eigenvalue weighted by molar-refractivity contribution is 0.0796. The molecule has 7 nitrogen and oxygen atoms in total. The van der Waals surface area contributed by atoms with E-state index in [1.807, 2.05) is 0 Å². The first-order chi connectivity index (χ1) is 10.4. The monoisotopic (exact) mass is 299 g/mol. The average Bonchev–Trinajstić information content (AvgIpc) is 2.50. The summed E-state index contributed by atoms with van der Waals surface area (Å²) in [6.45, 7) is 13.5. The minimum Gasteiger partial charge on any atom is -0.329 e. The van der Waals surface area contributed by atoms with Crippen LogP contribution in [0.2, 0.25) is 0 Å². The summed E-state index contributed by atoms with van der Waals surface area (Å²) in [5, 5.41) is 10.5. The highest BCUT2D eigenvalue weighted by Crippen LogP contribution is 2.03. The normalized spacial score (nSPS) is 31.3. The summed E-state index contributed by atoms with van der Waals surface area (Å²) in [4.78, 5) is 7.48. The second kappa shape index (κ2) is 10.4. The Morgan fingerprint density at radius 1 is 0.810 bits per heavy atom. The quantitative estimate of drug-likeness (QED) is 0.466. The number of hydrogen-bond donors (Lipinski definition) is 4. The molecule has 2 rings (SSSR count). The van der Waals surface area contributed by atoms with Crippen LogP contribution in [0.15, 0.2) is 0 Å². The molecule has 0 aromatic heterocycles. The van der Waals surface area contributed by atoms with Crippen LogP contribution in [-0.4, -0.2) is 100 Å². The SMILES string of the molecule is NCCN1CCNCNCCN2CCCN(CNCC1)C2. The van der Waals surface area contributed by atoms with E-state index in [-0.39, 0.29) is 0 Å². The van der Waals surface area contributed by atoms with Crippen molar-refractivity contribution >= 4 is 0 Å². The molecule has 0 aromatic rings. The van der Waals surface area contributed by atoms with E-state index in [4.69, 9.17) is 5.73 Å². The maximum absolute atomic E-state index is 5.70. The van der Waals surface area contributed by atoms with Crippen molar-refractivity contribution in [2.24, 2.45) is 5.73 Å². The Hall–Kier alpha value is -0.280. The zero-order valence-electron chi connectivity index (χ0n) is 13.3. The molecule has 0 aliphatic carbocycles. The summed E-state index contributed by atoms with van der Waals surface area (Å²) in [6, 6.07) is 0. The Kier molecular flexibility index (Phi) is 8.50. The van der Waals surface area contributed by atoms with Gasteiger partial charge in [-0.1, -0.05) is 0 Å². The molecule has 2 aliphatic heterocycles. The summed E-state index contributed by atoms with van der Waals surface area (Å²) in [5.41, 5.74) is 5.70. The summed E-state index contributed by atoms with van der Waals surface area (Å²) < 4.78 is 0. The van der Waals surface area contributed by atoms with Gasteiger partial charge in [-0.15, -0.1) is 0 Å². The topological polar surface area (TPSA) is 71.8 Å². The van der Waals surface area contributed by atoms with Crippen molar-refractivity contribution in [3.05, 3.63) is 0 Å². The van der Waals surface area contributed by atoms with Crippen LogP contribution in [0.3, 0.4) is 0 Å². The third-order valence-corrected chi connectivity index (χ3v) is 4.19. The lowest BCUT2D eigenvalue weighted by Gasteiger charge is -2.35. The first-order valence-corrected chi connectivity index (χ1v) is 8.38. The number of fused-ring (bicyclic) bond motifs is 2. The summed E-state index contributed by atoms with van der Waals surface area (Å²) >= 11 is 0. The largest absolute Gasteiger partial charge is 0.329 e. The highest BCUT2D eigenvalue weighted by atomic mass is 15.4. The summed E-state index contributed by atoms with van der Waals surface area (Å²) in [7, 11) is 0. The minimum absolute atomic E-state index is 0.735. The average molecular weight is 299 g/mol. The van der Waals surface area contributed by atoms with E-state index >= 15 is 0 Å². The standard InChI is InChI=1S/C14H33N7/c15-2-8-19-9-3-16-12-17-4-11-20-6-1-7-21(14-20)13-18-5-10-19/h16-18H,1-15H2. The van der Waals surface area contributed by atoms with Gasteiger partial charge in [-0.05, 0) is 6.42 Å². The van der Waals surface area contributed by atoms with E-state index < -0.39 is 0 Å². The number of nitrogens with one attached hydrogen (secondary N) is 3. The predicted octanol–water partition coefficient (Wildman–Crippen LogP) is -2.09. The Morgan fingerprint density at radius 2 is 1.52 bits per heavy atom. The highest BCUT2D eigenvalue weighted by Gasteiger charge is 2.16. The molecular formula is C14H33N7. The van der Waals surface area contributed by atoms with Crippen molar-refractivity contribution in [1.82, 2.24) is 30.7 Å². The molecule has 0 aromatic carbocycles. The van der Waals surface area contributed by atoms with Crippen molar-refractivity contribution in [1.29, 1.82) is 0 Å². The van der Waals surface area contributed by atoms with Crippen LogP contribution in [0.1, 0.15) is 6.42 Å². The minimum atomic E-state index is 0.735. The Labute approximate surface area is 129 Å². The van der Waals surface area contributed by atoms with Gasteiger partial charge in [-0.3, -0.25) is 14.7 Å². The molecule has 7 heteroatoms. The van der Waals surface area contributed by atoms with E-state index in [0.29, 0.717) is 0 Å². The van der Waals surface area contributed by atoms with Crippen molar-refractivity contribution in [3.63, 3.8) is 0 Å². The first kappa shape index (κ1) is 17.1. The fourth-order valence-corrected chi connectivity index (χ4v) is 2.99. The molecule has 21 heavy (non-hydrogen) atoms. The van der Waals surface area contributed by atoms with Crippen LogP contribution >= 0.6 is 0 Å². The zero-order chi connectivity index (χ0) is 14.8. The second-order valence-electron chi connectivity index (χ2n) is 5.97. The molecule has 2 aliphatic rings. The third kappa shape index (κ3) is 7.01. The van der Waals surface area contributed by atoms with Crippen LogP contribution in [0, 0.1) is 0 Å². The summed E-state index contributed by atoms with van der Waals surface area (Å²) in [5.74, 6) is 0. The van der Waals surface area contributed by atoms with Gasteiger partial charge in [0.25, 0.3) is 0 Å². The Bertz CT molecular complexity index is 258. The van der Waals surface area contributed by atoms with Crippen LogP contribution in [0.4, 0.5) is 0 Å². The smallest absolute Gasteiger partial charge is 0.0518 e. The maximum Gasteiger partial charge on any atom is 0.0518 e. The molecule has 2 bridgehead atoms. The lowest BCUT2D eigenvalue weighted by Crippen LogP contribution is -2.50. The molecule has 0 amide bonds. The second-order valence-corrected chi connectivity index (χ2v) is 5.97. The molecule has 2 heterocycles. The molecule has 2 unspecified atom stereocenters. The molecular weight excluding hydrogens is 266 g/mol. The first-order valence-electron chi connectivity index (χ1n) is 8.38. The summed E-state index contributed by atoms with van der Waals surface area (Å²) in [6.07, 6.45) is 1.28. The number of rotatable bonds is 2.